The Hall–Kier alpha value is -1.20. The van der Waals surface area contributed by atoms with E-state index in [1.165, 1.54) is 6.07 Å². The Morgan fingerprint density at radius 2 is 2.00 bits per heavy atom. The van der Waals surface area contributed by atoms with E-state index in [0.717, 1.165) is 12.1 Å². The zero-order valence-corrected chi connectivity index (χ0v) is 6.98. The topological polar surface area (TPSA) is 50.1 Å². The summed E-state index contributed by atoms with van der Waals surface area (Å²) in [7, 11) is 0. The number of nitrogens with one attached hydrogen (secondary N) is 2. The smallest absolute Gasteiger partial charge is 0.160 e. The summed E-state index contributed by atoms with van der Waals surface area (Å²) in [6, 6.07) is 3.56. The number of nitrogens with two attached hydrogens (primary N) is 1. The number of hydrogen-bond donors (Lipinski definition) is 3. The van der Waals surface area contributed by atoms with Gasteiger partial charge in [-0.25, -0.2) is 14.2 Å². The molecule has 5 heteroatoms. The lowest BCUT2D eigenvalue weighted by molar-refractivity contribution is 0.509. The van der Waals surface area contributed by atoms with Crippen LogP contribution in [-0.2, 0) is 0 Å². The Labute approximate surface area is 74.9 Å². The summed E-state index contributed by atoms with van der Waals surface area (Å²) >= 11 is 0. The normalized spacial score (nSPS) is 10.1. The van der Waals surface area contributed by atoms with Crippen LogP contribution in [0.2, 0.25) is 0 Å². The Bertz CT molecular complexity index is 278. The van der Waals surface area contributed by atoms with Gasteiger partial charge in [-0.05, 0) is 12.1 Å². The second kappa shape index (κ2) is 4.74. The maximum absolute atomic E-state index is 12.6. The zero-order valence-electron chi connectivity index (χ0n) is 6.98. The molecule has 13 heavy (non-hydrogen) atoms. The van der Waals surface area contributed by atoms with Crippen LogP contribution < -0.4 is 16.6 Å². The van der Waals surface area contributed by atoms with Crippen LogP contribution in [0.4, 0.5) is 14.5 Å². The van der Waals surface area contributed by atoms with Crippen molar-refractivity contribution in [3.05, 3.63) is 29.8 Å². The Kier molecular flexibility index (Phi) is 3.60. The summed E-state index contributed by atoms with van der Waals surface area (Å²) in [5.41, 5.74) is 11.1. The monoisotopic (exact) mass is 187 g/mol. The number of rotatable bonds is 4. The highest BCUT2D eigenvalue weighted by Gasteiger charge is 2.00. The number of hydrazine groups is 1. The van der Waals surface area contributed by atoms with Crippen LogP contribution in [0.15, 0.2) is 18.2 Å². The van der Waals surface area contributed by atoms with Crippen molar-refractivity contribution in [1.29, 1.82) is 0 Å². The molecule has 1 aromatic carbocycles. The molecule has 0 fully saturated rings. The first-order valence-electron chi connectivity index (χ1n) is 3.88. The first-order chi connectivity index (χ1) is 6.24. The van der Waals surface area contributed by atoms with Crippen LogP contribution in [0, 0.1) is 11.6 Å². The predicted molar refractivity (Wildman–Crippen MR) is 47.0 cm³/mol. The fourth-order valence-corrected chi connectivity index (χ4v) is 0.811. The third-order valence-corrected chi connectivity index (χ3v) is 1.42. The molecule has 0 aromatic heterocycles. The van der Waals surface area contributed by atoms with Gasteiger partial charge in [0.25, 0.3) is 0 Å². The minimum Gasteiger partial charge on any atom is -0.329 e. The van der Waals surface area contributed by atoms with Gasteiger partial charge in [-0.15, -0.1) is 0 Å². The van der Waals surface area contributed by atoms with Crippen LogP contribution in [0.5, 0.6) is 0 Å². The average Bonchev–Trinajstić information content (AvgIpc) is 2.12. The summed E-state index contributed by atoms with van der Waals surface area (Å²) in [5, 5.41) is 0. The van der Waals surface area contributed by atoms with Crippen molar-refractivity contribution >= 4 is 5.69 Å². The van der Waals surface area contributed by atoms with Gasteiger partial charge in [0.05, 0.1) is 5.69 Å². The second-order valence-corrected chi connectivity index (χ2v) is 2.47. The molecule has 1 aromatic rings. The summed E-state index contributed by atoms with van der Waals surface area (Å²) in [6.45, 7) is 1.02. The predicted octanol–water partition coefficient (Wildman–Crippen LogP) is 0.840. The molecule has 0 saturated carbocycles. The van der Waals surface area contributed by atoms with E-state index in [0.29, 0.717) is 18.8 Å². The van der Waals surface area contributed by atoms with Crippen molar-refractivity contribution in [2.24, 2.45) is 5.73 Å². The van der Waals surface area contributed by atoms with E-state index in [9.17, 15) is 8.78 Å². The molecule has 0 aliphatic rings. The molecule has 0 heterocycles. The van der Waals surface area contributed by atoms with Gasteiger partial charge in [0.15, 0.2) is 11.6 Å². The van der Waals surface area contributed by atoms with Gasteiger partial charge >= 0.3 is 0 Å². The van der Waals surface area contributed by atoms with Crippen molar-refractivity contribution in [3.63, 3.8) is 0 Å². The van der Waals surface area contributed by atoms with E-state index in [1.807, 2.05) is 0 Å². The molecule has 0 aliphatic carbocycles. The van der Waals surface area contributed by atoms with Gasteiger partial charge in [0, 0.05) is 19.2 Å². The maximum Gasteiger partial charge on any atom is 0.160 e. The van der Waals surface area contributed by atoms with E-state index in [2.05, 4.69) is 10.9 Å². The minimum absolute atomic E-state index is 0.465. The van der Waals surface area contributed by atoms with Gasteiger partial charge in [-0.3, -0.25) is 0 Å². The first-order valence-corrected chi connectivity index (χ1v) is 3.88. The summed E-state index contributed by atoms with van der Waals surface area (Å²) in [6.07, 6.45) is 0. The fraction of sp³-hybridized carbons (Fsp3) is 0.250. The number of benzene rings is 1. The molecule has 3 nitrogen and oxygen atoms in total. The van der Waals surface area contributed by atoms with Crippen molar-refractivity contribution in [1.82, 2.24) is 5.43 Å². The van der Waals surface area contributed by atoms with Gasteiger partial charge in [0.2, 0.25) is 0 Å². The molecular weight excluding hydrogens is 176 g/mol. The lowest BCUT2D eigenvalue weighted by Gasteiger charge is -2.06. The molecule has 0 radical (unpaired) electrons. The highest BCUT2D eigenvalue weighted by Crippen LogP contribution is 2.11. The van der Waals surface area contributed by atoms with Crippen molar-refractivity contribution in [3.8, 4) is 0 Å². The van der Waals surface area contributed by atoms with E-state index in [1.54, 1.807) is 0 Å². The van der Waals surface area contributed by atoms with Gasteiger partial charge in [0.1, 0.15) is 0 Å². The van der Waals surface area contributed by atoms with E-state index in [4.69, 9.17) is 5.73 Å². The van der Waals surface area contributed by atoms with Gasteiger partial charge in [-0.1, -0.05) is 0 Å². The molecule has 0 spiro atoms. The molecule has 0 atom stereocenters. The van der Waals surface area contributed by atoms with Crippen molar-refractivity contribution < 1.29 is 8.78 Å². The summed E-state index contributed by atoms with van der Waals surface area (Å²) in [5.74, 6) is -1.73. The Morgan fingerprint density at radius 1 is 1.23 bits per heavy atom. The number of anilines is 1. The first kappa shape index (κ1) is 9.88. The maximum atomic E-state index is 12.6. The molecule has 0 bridgehead atoms. The largest absolute Gasteiger partial charge is 0.329 e. The number of hydrogen-bond acceptors (Lipinski definition) is 3. The number of halogens is 2. The summed E-state index contributed by atoms with van der Waals surface area (Å²) in [4.78, 5) is 0. The van der Waals surface area contributed by atoms with Gasteiger partial charge in [-0.2, -0.15) is 0 Å². The lowest BCUT2D eigenvalue weighted by Crippen LogP contribution is -2.27. The molecule has 1 rings (SSSR count). The Balaban J connectivity index is 2.53. The third-order valence-electron chi connectivity index (χ3n) is 1.42. The van der Waals surface area contributed by atoms with Crippen LogP contribution >= 0.6 is 0 Å². The summed E-state index contributed by atoms with van der Waals surface area (Å²) < 4.78 is 25.1. The quantitative estimate of drug-likeness (QED) is 0.483. The van der Waals surface area contributed by atoms with Crippen LogP contribution in [0.25, 0.3) is 0 Å². The highest BCUT2D eigenvalue weighted by molar-refractivity contribution is 5.42. The zero-order chi connectivity index (χ0) is 9.68. The molecule has 0 unspecified atom stereocenters. The van der Waals surface area contributed by atoms with Crippen molar-refractivity contribution in [2.45, 2.75) is 0 Å². The van der Waals surface area contributed by atoms with E-state index >= 15 is 0 Å². The van der Waals surface area contributed by atoms with E-state index in [-0.39, 0.29) is 0 Å². The highest BCUT2D eigenvalue weighted by atomic mass is 19.2. The lowest BCUT2D eigenvalue weighted by atomic mass is 10.3. The minimum atomic E-state index is -0.875. The Morgan fingerprint density at radius 3 is 2.62 bits per heavy atom. The second-order valence-electron chi connectivity index (χ2n) is 2.47. The van der Waals surface area contributed by atoms with Crippen LogP contribution in [-0.4, -0.2) is 13.1 Å². The van der Waals surface area contributed by atoms with E-state index < -0.39 is 11.6 Å². The van der Waals surface area contributed by atoms with Crippen LogP contribution in [0.3, 0.4) is 0 Å². The van der Waals surface area contributed by atoms with Crippen molar-refractivity contribution in [2.75, 3.05) is 18.5 Å². The molecule has 72 valence electrons. The molecule has 4 N–H and O–H groups in total. The molecule has 0 amide bonds. The molecular formula is C8H11F2N3. The average molecular weight is 187 g/mol. The standard InChI is InChI=1S/C8H11F2N3/c9-7-2-1-6(5-8(7)10)13-12-4-3-11/h1-2,5,12-13H,3-4,11H2. The van der Waals surface area contributed by atoms with Crippen LogP contribution in [0.1, 0.15) is 0 Å². The SMILES string of the molecule is NCCNNc1ccc(F)c(F)c1. The molecule has 0 saturated heterocycles. The third kappa shape index (κ3) is 2.96. The van der Waals surface area contributed by atoms with Gasteiger partial charge < -0.3 is 11.2 Å². The molecule has 0 aliphatic heterocycles. The fourth-order valence-electron chi connectivity index (χ4n) is 0.811.